The van der Waals surface area contributed by atoms with Crippen molar-refractivity contribution in [1.82, 2.24) is 9.80 Å². The van der Waals surface area contributed by atoms with Crippen LogP contribution in [0.2, 0.25) is 0 Å². The Morgan fingerprint density at radius 3 is 2.58 bits per heavy atom. The van der Waals surface area contributed by atoms with Gasteiger partial charge in [0.05, 0.1) is 25.3 Å². The minimum Gasteiger partial charge on any atom is -0.507 e. The molecule has 5 atom stereocenters. The molecule has 10 nitrogen and oxygen atoms in total. The fourth-order valence-electron chi connectivity index (χ4n) is 7.31. The fourth-order valence-corrected chi connectivity index (χ4v) is 7.31. The van der Waals surface area contributed by atoms with Crippen molar-refractivity contribution in [2.75, 3.05) is 41.4 Å². The van der Waals surface area contributed by atoms with E-state index in [-0.39, 0.29) is 50.0 Å². The number of phenolic OH excluding ortho intramolecular Hbond substituents is 1. The summed E-state index contributed by atoms with van der Waals surface area (Å²) in [4.78, 5) is 4.55. The van der Waals surface area contributed by atoms with E-state index in [9.17, 15) is 10.4 Å². The lowest BCUT2D eigenvalue weighted by Crippen LogP contribution is -2.68. The van der Waals surface area contributed by atoms with Gasteiger partial charge in [-0.3, -0.25) is 9.80 Å². The number of phenols is 1. The number of piperazine rings is 1. The summed E-state index contributed by atoms with van der Waals surface area (Å²) in [5.41, 5.74) is 11.9. The van der Waals surface area contributed by atoms with E-state index in [1.54, 1.807) is 14.2 Å². The average molecular weight is 523 g/mol. The predicted octanol–water partition coefficient (Wildman–Crippen LogP) is 2.46. The van der Waals surface area contributed by atoms with Crippen molar-refractivity contribution in [3.8, 4) is 34.8 Å². The molecule has 0 aliphatic carbocycles. The SMILES string of the molecule is COCOc1c(OC)c(C)cc2c1[C@@H]1C3Cc4c(O)c(C)c5c(c4C(CN)N3C(C#N)[C@H](C2)N1C)OCO5. The normalized spacial score (nSPS) is 27.2. The van der Waals surface area contributed by atoms with Crippen LogP contribution in [0.1, 0.15) is 45.5 Å². The highest BCUT2D eigenvalue weighted by molar-refractivity contribution is 5.66. The number of aromatic hydroxyl groups is 1. The second kappa shape index (κ2) is 9.20. The molecule has 4 heterocycles. The van der Waals surface area contributed by atoms with Crippen LogP contribution in [0.4, 0.5) is 0 Å². The van der Waals surface area contributed by atoms with Crippen molar-refractivity contribution in [2.45, 2.75) is 56.9 Å². The van der Waals surface area contributed by atoms with Gasteiger partial charge in [0, 0.05) is 48.0 Å². The molecule has 1 saturated heterocycles. The van der Waals surface area contributed by atoms with Crippen molar-refractivity contribution >= 4 is 0 Å². The standard InChI is InChI=1S/C28H34N4O6/c1-13-6-15-7-17-19(9-29)32-18(23(31(17)3)21(15)27(25(13)35-5)36-11-34-4)8-16-22(20(32)10-30)28-26(37-12-38-28)14(2)24(16)33/h6,17-20,23,33H,7-8,10-12,30H2,1-5H3/t17-,18?,19?,20?,23-/m0/s1. The number of nitriles is 1. The molecule has 2 aromatic carbocycles. The topological polar surface area (TPSA) is 123 Å². The third-order valence-corrected chi connectivity index (χ3v) is 8.82. The van der Waals surface area contributed by atoms with Gasteiger partial charge in [-0.05, 0) is 44.9 Å². The van der Waals surface area contributed by atoms with Gasteiger partial charge in [0.25, 0.3) is 0 Å². The predicted molar refractivity (Wildman–Crippen MR) is 138 cm³/mol. The summed E-state index contributed by atoms with van der Waals surface area (Å²) in [5, 5.41) is 21.9. The Morgan fingerprint density at radius 2 is 1.89 bits per heavy atom. The fraction of sp³-hybridized carbons (Fsp3) is 0.536. The van der Waals surface area contributed by atoms with Gasteiger partial charge >= 0.3 is 0 Å². The first kappa shape index (κ1) is 25.1. The zero-order valence-electron chi connectivity index (χ0n) is 22.4. The molecule has 10 heteroatoms. The number of hydrogen-bond acceptors (Lipinski definition) is 10. The molecular weight excluding hydrogens is 488 g/mol. The highest BCUT2D eigenvalue weighted by atomic mass is 16.7. The van der Waals surface area contributed by atoms with Crippen LogP contribution in [0, 0.1) is 25.2 Å². The van der Waals surface area contributed by atoms with Crippen LogP contribution in [0.3, 0.4) is 0 Å². The quantitative estimate of drug-likeness (QED) is 0.566. The molecule has 4 aliphatic rings. The van der Waals surface area contributed by atoms with Crippen molar-refractivity contribution in [1.29, 1.82) is 5.26 Å². The Morgan fingerprint density at radius 1 is 1.13 bits per heavy atom. The summed E-state index contributed by atoms with van der Waals surface area (Å²) in [6, 6.07) is 3.67. The van der Waals surface area contributed by atoms with Crippen LogP contribution in [-0.4, -0.2) is 74.4 Å². The maximum atomic E-state index is 11.4. The van der Waals surface area contributed by atoms with Crippen molar-refractivity contribution in [3.63, 3.8) is 0 Å². The summed E-state index contributed by atoms with van der Waals surface area (Å²) in [6.07, 6.45) is 1.19. The molecular formula is C28H34N4O6. The van der Waals surface area contributed by atoms with E-state index in [4.69, 9.17) is 29.4 Å². The van der Waals surface area contributed by atoms with Gasteiger partial charge in [0.2, 0.25) is 6.79 Å². The average Bonchev–Trinajstić information content (AvgIpc) is 3.40. The Kier molecular flexibility index (Phi) is 6.07. The summed E-state index contributed by atoms with van der Waals surface area (Å²) < 4.78 is 28.9. The Labute approximate surface area is 222 Å². The largest absolute Gasteiger partial charge is 0.507 e. The van der Waals surface area contributed by atoms with Gasteiger partial charge in [-0.1, -0.05) is 6.07 Å². The highest BCUT2D eigenvalue weighted by Gasteiger charge is 2.56. The maximum absolute atomic E-state index is 11.4. The van der Waals surface area contributed by atoms with Gasteiger partial charge < -0.3 is 34.5 Å². The first-order chi connectivity index (χ1) is 18.4. The number of nitrogens with two attached hydrogens (primary N) is 1. The minimum absolute atomic E-state index is 0.0586. The molecule has 0 amide bonds. The van der Waals surface area contributed by atoms with Crippen LogP contribution in [0.5, 0.6) is 28.7 Å². The highest BCUT2D eigenvalue weighted by Crippen LogP contribution is 2.58. The van der Waals surface area contributed by atoms with Crippen LogP contribution in [-0.2, 0) is 17.6 Å². The third kappa shape index (κ3) is 3.26. The van der Waals surface area contributed by atoms with Gasteiger partial charge in [0.15, 0.2) is 29.8 Å². The molecule has 202 valence electrons. The number of hydrogen-bond donors (Lipinski definition) is 2. The number of rotatable bonds is 5. The summed E-state index contributed by atoms with van der Waals surface area (Å²) in [5.74, 6) is 2.73. The molecule has 2 aromatic rings. The molecule has 2 bridgehead atoms. The van der Waals surface area contributed by atoms with E-state index >= 15 is 0 Å². The van der Waals surface area contributed by atoms with E-state index in [0.717, 1.165) is 27.8 Å². The van der Waals surface area contributed by atoms with Gasteiger partial charge in [-0.2, -0.15) is 5.26 Å². The van der Waals surface area contributed by atoms with E-state index < -0.39 is 6.04 Å². The minimum atomic E-state index is -0.414. The molecule has 3 unspecified atom stereocenters. The second-order valence-corrected chi connectivity index (χ2v) is 10.5. The van der Waals surface area contributed by atoms with E-state index in [1.807, 2.05) is 13.8 Å². The lowest BCUT2D eigenvalue weighted by atomic mass is 9.71. The summed E-state index contributed by atoms with van der Waals surface area (Å²) >= 11 is 0. The van der Waals surface area contributed by atoms with Crippen molar-refractivity contribution < 1.29 is 28.8 Å². The van der Waals surface area contributed by atoms with E-state index in [2.05, 4.69) is 29.0 Å². The van der Waals surface area contributed by atoms with Gasteiger partial charge in [-0.25, -0.2) is 0 Å². The number of likely N-dealkylation sites (N-methyl/N-ethyl adjacent to an activating group) is 1. The molecule has 3 N–H and O–H groups in total. The lowest BCUT2D eigenvalue weighted by Gasteiger charge is -2.60. The zero-order valence-corrected chi connectivity index (χ0v) is 22.4. The monoisotopic (exact) mass is 522 g/mol. The lowest BCUT2D eigenvalue weighted by molar-refractivity contribution is -0.0719. The Balaban J connectivity index is 1.60. The maximum Gasteiger partial charge on any atom is 0.231 e. The van der Waals surface area contributed by atoms with Gasteiger partial charge in [0.1, 0.15) is 11.8 Å². The smallest absolute Gasteiger partial charge is 0.231 e. The number of methoxy groups -OCH3 is 2. The zero-order chi connectivity index (χ0) is 26.9. The van der Waals surface area contributed by atoms with Crippen molar-refractivity contribution in [3.05, 3.63) is 39.4 Å². The van der Waals surface area contributed by atoms with E-state index in [1.165, 1.54) is 0 Å². The first-order valence-electron chi connectivity index (χ1n) is 12.9. The van der Waals surface area contributed by atoms with Crippen LogP contribution < -0.4 is 24.7 Å². The number of benzene rings is 2. The van der Waals surface area contributed by atoms with Crippen molar-refractivity contribution in [2.24, 2.45) is 5.73 Å². The van der Waals surface area contributed by atoms with Crippen LogP contribution in [0.15, 0.2) is 6.07 Å². The van der Waals surface area contributed by atoms with Crippen LogP contribution in [0.25, 0.3) is 0 Å². The summed E-state index contributed by atoms with van der Waals surface area (Å²) in [6.45, 7) is 4.29. The number of fused-ring (bicyclic) bond motifs is 9. The molecule has 4 aliphatic heterocycles. The molecule has 0 saturated carbocycles. The third-order valence-electron chi connectivity index (χ3n) is 8.82. The number of ether oxygens (including phenoxy) is 5. The molecule has 6 rings (SSSR count). The number of nitrogens with zero attached hydrogens (tertiary/aromatic N) is 3. The summed E-state index contributed by atoms with van der Waals surface area (Å²) in [7, 11) is 5.31. The molecule has 0 spiro atoms. The van der Waals surface area contributed by atoms with Gasteiger partial charge in [-0.15, -0.1) is 0 Å². The molecule has 1 fully saturated rings. The number of aryl methyl sites for hydroxylation is 1. The molecule has 0 aromatic heterocycles. The molecule has 0 radical (unpaired) electrons. The van der Waals surface area contributed by atoms with E-state index in [0.29, 0.717) is 41.4 Å². The Bertz CT molecular complexity index is 1340. The first-order valence-corrected chi connectivity index (χ1v) is 12.9. The second-order valence-electron chi connectivity index (χ2n) is 10.5. The van der Waals surface area contributed by atoms with Crippen LogP contribution >= 0.6 is 0 Å². The molecule has 38 heavy (non-hydrogen) atoms. The Hall–Kier alpha value is -3.23.